The van der Waals surface area contributed by atoms with E-state index in [0.29, 0.717) is 18.9 Å². The lowest BCUT2D eigenvalue weighted by molar-refractivity contribution is -0.134. The predicted molar refractivity (Wildman–Crippen MR) is 206 cm³/mol. The molecule has 0 bridgehead atoms. The third-order valence-corrected chi connectivity index (χ3v) is 11.9. The number of nitrogens with zero attached hydrogens (tertiary/aromatic N) is 8. The SMILES string of the molecule is O=C1CCC(c2ccccc2CN2CCC(N3CCN(c4cccc(-c5cnc6ccc(N7CCC[C@@H]7c7cccc(F)c7)nn56)n4)CC3)CC2)C(=O)N1. The number of aromatic nitrogens is 4. The number of carbonyl (C=O) groups excluding carboxylic acids is 2. The van der Waals surface area contributed by atoms with Crippen molar-refractivity contribution in [1.82, 2.24) is 34.7 Å². The molecule has 1 unspecified atom stereocenters. The van der Waals surface area contributed by atoms with Gasteiger partial charge in [-0.2, -0.15) is 0 Å². The molecule has 0 spiro atoms. The van der Waals surface area contributed by atoms with E-state index in [1.807, 2.05) is 47.1 Å². The summed E-state index contributed by atoms with van der Waals surface area (Å²) in [6, 6.07) is 26.0. The van der Waals surface area contributed by atoms with E-state index in [4.69, 9.17) is 10.1 Å². The van der Waals surface area contributed by atoms with Gasteiger partial charge >= 0.3 is 0 Å². The summed E-state index contributed by atoms with van der Waals surface area (Å²) in [5, 5.41) is 7.58. The maximum absolute atomic E-state index is 14.1. The number of likely N-dealkylation sites (tertiary alicyclic amines) is 1. The van der Waals surface area contributed by atoms with Crippen LogP contribution in [0.2, 0.25) is 0 Å². The molecule has 5 aromatic rings. The van der Waals surface area contributed by atoms with Crippen LogP contribution >= 0.6 is 0 Å². The molecule has 0 radical (unpaired) electrons. The Kier molecular flexibility index (Phi) is 9.54. The number of anilines is 2. The molecule has 4 saturated heterocycles. The molecule has 4 fully saturated rings. The van der Waals surface area contributed by atoms with Gasteiger partial charge in [0, 0.05) is 51.7 Å². The van der Waals surface area contributed by atoms with Crippen molar-refractivity contribution in [1.29, 1.82) is 0 Å². The molecule has 12 heteroatoms. The number of fused-ring (bicyclic) bond motifs is 1. The number of imide groups is 1. The molecule has 54 heavy (non-hydrogen) atoms. The number of hydrogen-bond donors (Lipinski definition) is 1. The first-order valence-electron chi connectivity index (χ1n) is 19.4. The van der Waals surface area contributed by atoms with Gasteiger partial charge in [0.25, 0.3) is 0 Å². The number of piperidine rings is 2. The first kappa shape index (κ1) is 34.6. The maximum Gasteiger partial charge on any atom is 0.234 e. The summed E-state index contributed by atoms with van der Waals surface area (Å²) in [5.41, 5.74) is 5.67. The molecule has 1 N–H and O–H groups in total. The Morgan fingerprint density at radius 1 is 0.796 bits per heavy atom. The molecule has 278 valence electrons. The Morgan fingerprint density at radius 3 is 2.46 bits per heavy atom. The Morgan fingerprint density at radius 2 is 1.63 bits per heavy atom. The highest BCUT2D eigenvalue weighted by Crippen LogP contribution is 2.36. The van der Waals surface area contributed by atoms with E-state index < -0.39 is 0 Å². The number of amides is 2. The van der Waals surface area contributed by atoms with E-state index in [0.717, 1.165) is 118 Å². The minimum absolute atomic E-state index is 0.0830. The van der Waals surface area contributed by atoms with Crippen molar-refractivity contribution in [3.05, 3.63) is 108 Å². The van der Waals surface area contributed by atoms with Gasteiger partial charge < -0.3 is 9.80 Å². The van der Waals surface area contributed by atoms with Crippen molar-refractivity contribution in [2.45, 2.75) is 63.1 Å². The van der Waals surface area contributed by atoms with Crippen LogP contribution in [0.25, 0.3) is 17.0 Å². The predicted octanol–water partition coefficient (Wildman–Crippen LogP) is 5.58. The number of benzene rings is 2. The lowest BCUT2D eigenvalue weighted by Gasteiger charge is -2.43. The second-order valence-corrected chi connectivity index (χ2v) is 15.1. The van der Waals surface area contributed by atoms with Crippen molar-refractivity contribution in [2.75, 3.05) is 55.6 Å². The second kappa shape index (κ2) is 14.9. The van der Waals surface area contributed by atoms with Gasteiger partial charge in [-0.1, -0.05) is 42.5 Å². The molecule has 4 aliphatic heterocycles. The van der Waals surface area contributed by atoms with E-state index in [1.54, 1.807) is 12.1 Å². The summed E-state index contributed by atoms with van der Waals surface area (Å²) < 4.78 is 16.0. The van der Waals surface area contributed by atoms with E-state index in [2.05, 4.69) is 54.2 Å². The Hall–Kier alpha value is -5.20. The molecular formula is C42H46FN9O2. The highest BCUT2D eigenvalue weighted by atomic mass is 19.1. The zero-order valence-corrected chi connectivity index (χ0v) is 30.5. The molecule has 4 aliphatic rings. The number of hydrogen-bond acceptors (Lipinski definition) is 9. The molecule has 9 rings (SSSR count). The molecule has 11 nitrogen and oxygen atoms in total. The Labute approximate surface area is 314 Å². The zero-order valence-electron chi connectivity index (χ0n) is 30.5. The van der Waals surface area contributed by atoms with Crippen molar-refractivity contribution in [3.63, 3.8) is 0 Å². The van der Waals surface area contributed by atoms with E-state index in [1.165, 1.54) is 11.6 Å². The van der Waals surface area contributed by atoms with Gasteiger partial charge in [-0.3, -0.25) is 24.7 Å². The third-order valence-electron chi connectivity index (χ3n) is 11.9. The fourth-order valence-corrected chi connectivity index (χ4v) is 9.04. The lowest BCUT2D eigenvalue weighted by atomic mass is 9.87. The van der Waals surface area contributed by atoms with Crippen LogP contribution in [-0.4, -0.2) is 93.1 Å². The quantitative estimate of drug-likeness (QED) is 0.206. The van der Waals surface area contributed by atoms with E-state index in [9.17, 15) is 14.0 Å². The average Bonchev–Trinajstić information content (AvgIpc) is 3.87. The van der Waals surface area contributed by atoms with E-state index in [-0.39, 0.29) is 29.6 Å². The topological polar surface area (TPSA) is 102 Å². The summed E-state index contributed by atoms with van der Waals surface area (Å²) in [6.07, 6.45) is 7.05. The van der Waals surface area contributed by atoms with Gasteiger partial charge in [0.15, 0.2) is 5.65 Å². The number of pyridine rings is 1. The molecule has 3 aromatic heterocycles. The first-order valence-corrected chi connectivity index (χ1v) is 19.4. The molecule has 0 aliphatic carbocycles. The van der Waals surface area contributed by atoms with Gasteiger partial charge in [0.1, 0.15) is 23.1 Å². The van der Waals surface area contributed by atoms with Crippen molar-refractivity contribution >= 4 is 29.1 Å². The number of nitrogens with one attached hydrogen (secondary N) is 1. The monoisotopic (exact) mass is 727 g/mol. The largest absolute Gasteiger partial charge is 0.354 e. The highest BCUT2D eigenvalue weighted by molar-refractivity contribution is 6.01. The number of halogens is 1. The Balaban J connectivity index is 0.823. The second-order valence-electron chi connectivity index (χ2n) is 15.1. The molecule has 0 saturated carbocycles. The van der Waals surface area contributed by atoms with Crippen LogP contribution in [0, 0.1) is 5.82 Å². The standard InChI is InChI=1S/C42H46FN9O2/c43-31-8-3-7-29(26-31)36-11-5-19-51(36)40-15-14-38-44-27-37(52(38)47-40)35-10-4-12-39(45-35)50-24-22-49(23-25-50)32-17-20-48(21-18-32)28-30-6-1-2-9-33(30)34-13-16-41(53)46-42(34)54/h1-4,6-10,12,14-15,26-27,32,34,36H,5,11,13,16-25,28H2,(H,46,53,54)/t34?,36-/m1/s1. The summed E-state index contributed by atoms with van der Waals surface area (Å²) in [6.45, 7) is 7.57. The van der Waals surface area contributed by atoms with Gasteiger partial charge in [0.05, 0.1) is 23.9 Å². The van der Waals surface area contributed by atoms with Crippen molar-refractivity contribution in [2.24, 2.45) is 0 Å². The number of rotatable bonds is 8. The van der Waals surface area contributed by atoms with Crippen molar-refractivity contribution in [3.8, 4) is 11.4 Å². The molecule has 7 heterocycles. The van der Waals surface area contributed by atoms with Crippen LogP contribution in [-0.2, 0) is 16.1 Å². The molecular weight excluding hydrogens is 682 g/mol. The highest BCUT2D eigenvalue weighted by Gasteiger charge is 2.32. The van der Waals surface area contributed by atoms with Gasteiger partial charge in [-0.05, 0) is 98.3 Å². The Bertz CT molecular complexity index is 2160. The van der Waals surface area contributed by atoms with Crippen LogP contribution in [0.1, 0.15) is 67.2 Å². The molecule has 2 atom stereocenters. The normalized spacial score (nSPS) is 21.9. The maximum atomic E-state index is 14.1. The van der Waals surface area contributed by atoms with Crippen LogP contribution in [0.5, 0.6) is 0 Å². The van der Waals surface area contributed by atoms with Gasteiger partial charge in [-0.25, -0.2) is 18.9 Å². The summed E-state index contributed by atoms with van der Waals surface area (Å²) >= 11 is 0. The number of imidazole rings is 1. The number of carbonyl (C=O) groups is 2. The van der Waals surface area contributed by atoms with Crippen LogP contribution in [0.4, 0.5) is 16.0 Å². The fraction of sp³-hybridized carbons (Fsp3) is 0.405. The summed E-state index contributed by atoms with van der Waals surface area (Å²) in [5.74, 6) is 1.01. The van der Waals surface area contributed by atoms with Gasteiger partial charge in [0.2, 0.25) is 11.8 Å². The first-order chi connectivity index (χ1) is 26.5. The van der Waals surface area contributed by atoms with Crippen LogP contribution in [0.15, 0.2) is 85.1 Å². The number of piperazine rings is 1. The van der Waals surface area contributed by atoms with Crippen LogP contribution < -0.4 is 15.1 Å². The van der Waals surface area contributed by atoms with Crippen LogP contribution in [0.3, 0.4) is 0 Å². The third kappa shape index (κ3) is 6.96. The summed E-state index contributed by atoms with van der Waals surface area (Å²) in [4.78, 5) is 44.0. The summed E-state index contributed by atoms with van der Waals surface area (Å²) in [7, 11) is 0. The zero-order chi connectivity index (χ0) is 36.6. The minimum Gasteiger partial charge on any atom is -0.354 e. The fourth-order valence-electron chi connectivity index (χ4n) is 9.04. The minimum atomic E-state index is -0.255. The molecule has 2 aromatic carbocycles. The average molecular weight is 728 g/mol. The van der Waals surface area contributed by atoms with Gasteiger partial charge in [-0.15, -0.1) is 5.10 Å². The molecule has 2 amide bonds. The van der Waals surface area contributed by atoms with E-state index >= 15 is 0 Å². The van der Waals surface area contributed by atoms with Crippen molar-refractivity contribution < 1.29 is 14.0 Å². The smallest absolute Gasteiger partial charge is 0.234 e. The lowest BCUT2D eigenvalue weighted by Crippen LogP contribution is -2.53.